The van der Waals surface area contributed by atoms with Gasteiger partial charge in [0.15, 0.2) is 0 Å². The zero-order valence-electron chi connectivity index (χ0n) is 34.2. The van der Waals surface area contributed by atoms with Gasteiger partial charge in [0.1, 0.15) is 5.82 Å². The van der Waals surface area contributed by atoms with E-state index >= 15 is 0 Å². The van der Waals surface area contributed by atoms with Crippen molar-refractivity contribution in [2.24, 2.45) is 0 Å². The average Bonchev–Trinajstić information content (AvgIpc) is 3.29. The van der Waals surface area contributed by atoms with Gasteiger partial charge in [0.2, 0.25) is 0 Å². The predicted octanol–water partition coefficient (Wildman–Crippen LogP) is 9.02. The second kappa shape index (κ2) is 15.4. The molecule has 0 aromatic heterocycles. The summed E-state index contributed by atoms with van der Waals surface area (Å²) in [7, 11) is 0. The van der Waals surface area contributed by atoms with E-state index in [-0.39, 0.29) is 44.8 Å². The highest BCUT2D eigenvalue weighted by Gasteiger charge is 2.41. The molecule has 62 heavy (non-hydrogen) atoms. The number of carbonyl (C=O) groups is 6. The molecule has 6 aromatic rings. The van der Waals surface area contributed by atoms with Gasteiger partial charge in [0.05, 0.1) is 11.4 Å². The number of anilines is 4. The number of rotatable bonds is 11. The number of halogens is 1. The second-order valence-electron chi connectivity index (χ2n) is 16.3. The van der Waals surface area contributed by atoms with Crippen LogP contribution >= 0.6 is 0 Å². The van der Waals surface area contributed by atoms with Gasteiger partial charge in [-0.1, -0.05) is 57.2 Å². The predicted molar refractivity (Wildman–Crippen MR) is 236 cm³/mol. The van der Waals surface area contributed by atoms with E-state index in [1.807, 2.05) is 12.1 Å². The van der Waals surface area contributed by atoms with Gasteiger partial charge in [0, 0.05) is 99.0 Å². The van der Waals surface area contributed by atoms with E-state index in [1.54, 1.807) is 60.7 Å². The first kappa shape index (κ1) is 39.0. The van der Waals surface area contributed by atoms with Gasteiger partial charge in [0.25, 0.3) is 35.4 Å². The Balaban J connectivity index is 0.920. The summed E-state index contributed by atoms with van der Waals surface area (Å²) in [6.45, 7) is 5.22. The topological polar surface area (TPSA) is 119 Å². The minimum atomic E-state index is -0.657. The number of benzene rings is 6. The smallest absolute Gasteiger partial charge is 0.265 e. The second-order valence-corrected chi connectivity index (χ2v) is 16.3. The number of piperazine rings is 1. The standard InChI is InChI=1S/C50H42FN5O6/c1-2-3-4-5-6-7-24-54-45(57)37-18-20-39-44-40(21-19-38(43(37)44)46(54)58)50(62)56(49(39)61)33-11-8-10-32(29-33)55-47(59)35-13-9-12-34-41(23-22-36(42(34)35)48(55)60)53-27-25-52(26-28-53)31-16-14-30(51)15-17-31/h8-23,29H,2-7,24-28H2,1H3. The molecule has 1 saturated heterocycles. The molecule has 310 valence electrons. The van der Waals surface area contributed by atoms with Crippen molar-refractivity contribution in [3.63, 3.8) is 0 Å². The fourth-order valence-corrected chi connectivity index (χ4v) is 9.63. The average molecular weight is 828 g/mol. The highest BCUT2D eigenvalue weighted by atomic mass is 19.1. The number of carbonyl (C=O) groups excluding carboxylic acids is 6. The number of hydrogen-bond donors (Lipinski definition) is 0. The van der Waals surface area contributed by atoms with Crippen molar-refractivity contribution in [1.29, 1.82) is 0 Å². The molecule has 4 aliphatic heterocycles. The summed E-state index contributed by atoms with van der Waals surface area (Å²) in [5.74, 6) is -3.56. The molecule has 12 heteroatoms. The minimum absolute atomic E-state index is 0.147. The first-order chi connectivity index (χ1) is 30.2. The van der Waals surface area contributed by atoms with E-state index in [2.05, 4.69) is 16.7 Å². The van der Waals surface area contributed by atoms with Crippen LogP contribution in [-0.2, 0) is 0 Å². The lowest BCUT2D eigenvalue weighted by atomic mass is 9.85. The molecule has 0 spiro atoms. The monoisotopic (exact) mass is 827 g/mol. The molecule has 0 N–H and O–H groups in total. The van der Waals surface area contributed by atoms with Crippen LogP contribution in [0.1, 0.15) is 108 Å². The Kier molecular flexibility index (Phi) is 9.65. The van der Waals surface area contributed by atoms with Crippen LogP contribution in [-0.4, -0.2) is 73.1 Å². The quantitative estimate of drug-likeness (QED) is 0.0939. The highest BCUT2D eigenvalue weighted by molar-refractivity contribution is 6.40. The summed E-state index contributed by atoms with van der Waals surface area (Å²) < 4.78 is 13.5. The molecule has 4 heterocycles. The maximum Gasteiger partial charge on any atom is 0.265 e. The summed E-state index contributed by atoms with van der Waals surface area (Å²) in [6.07, 6.45) is 6.01. The maximum absolute atomic E-state index is 14.4. The zero-order chi connectivity index (χ0) is 42.8. The molecule has 1 fully saturated rings. The first-order valence-electron chi connectivity index (χ1n) is 21.3. The van der Waals surface area contributed by atoms with Crippen LogP contribution in [0.15, 0.2) is 103 Å². The minimum Gasteiger partial charge on any atom is -0.368 e. The number of hydrogen-bond acceptors (Lipinski definition) is 8. The number of unbranched alkanes of at least 4 members (excludes halogenated alkanes) is 5. The van der Waals surface area contributed by atoms with Gasteiger partial charge >= 0.3 is 0 Å². The van der Waals surface area contributed by atoms with Crippen molar-refractivity contribution in [3.8, 4) is 0 Å². The van der Waals surface area contributed by atoms with Gasteiger partial charge in [-0.3, -0.25) is 33.7 Å². The van der Waals surface area contributed by atoms with Gasteiger partial charge < -0.3 is 9.80 Å². The van der Waals surface area contributed by atoms with Crippen LogP contribution in [0, 0.1) is 5.82 Å². The van der Waals surface area contributed by atoms with E-state index in [0.29, 0.717) is 61.0 Å². The van der Waals surface area contributed by atoms with Crippen LogP contribution in [0.25, 0.3) is 21.5 Å². The number of nitrogens with zero attached hydrogens (tertiary/aromatic N) is 5. The summed E-state index contributed by atoms with van der Waals surface area (Å²) in [5, 5.41) is 1.91. The Hall–Kier alpha value is -7.21. The van der Waals surface area contributed by atoms with Crippen LogP contribution in [0.5, 0.6) is 0 Å². The summed E-state index contributed by atoms with van der Waals surface area (Å²) in [5.41, 5.74) is 3.75. The van der Waals surface area contributed by atoms with E-state index in [4.69, 9.17) is 0 Å². The Morgan fingerprint density at radius 1 is 0.452 bits per heavy atom. The molecule has 0 saturated carbocycles. The fraction of sp³-hybridized carbons (Fsp3) is 0.240. The molecule has 0 bridgehead atoms. The van der Waals surface area contributed by atoms with Crippen molar-refractivity contribution in [2.75, 3.05) is 52.3 Å². The highest BCUT2D eigenvalue weighted by Crippen LogP contribution is 2.42. The zero-order valence-corrected chi connectivity index (χ0v) is 34.2. The third-order valence-corrected chi connectivity index (χ3v) is 12.8. The number of amides is 6. The fourth-order valence-electron chi connectivity index (χ4n) is 9.63. The van der Waals surface area contributed by atoms with E-state index in [0.717, 1.165) is 58.7 Å². The van der Waals surface area contributed by atoms with Crippen LogP contribution in [0.4, 0.5) is 27.1 Å². The Labute approximate surface area is 356 Å². The Morgan fingerprint density at radius 3 is 1.50 bits per heavy atom. The summed E-state index contributed by atoms with van der Waals surface area (Å²) in [4.78, 5) is 92.7. The lowest BCUT2D eigenvalue weighted by molar-refractivity contribution is 0.0605. The van der Waals surface area contributed by atoms with Crippen molar-refractivity contribution >= 4 is 79.7 Å². The molecule has 6 amide bonds. The molecule has 0 radical (unpaired) electrons. The Morgan fingerprint density at radius 2 is 0.919 bits per heavy atom. The lowest BCUT2D eigenvalue weighted by Crippen LogP contribution is -2.46. The van der Waals surface area contributed by atoms with Gasteiger partial charge in [-0.15, -0.1) is 0 Å². The van der Waals surface area contributed by atoms with Gasteiger partial charge in [-0.25, -0.2) is 14.2 Å². The third kappa shape index (κ3) is 6.15. The van der Waals surface area contributed by atoms with Crippen molar-refractivity contribution in [1.82, 2.24) is 4.90 Å². The van der Waals surface area contributed by atoms with Crippen molar-refractivity contribution < 1.29 is 33.2 Å². The molecule has 0 atom stereocenters. The molecule has 6 aromatic carbocycles. The summed E-state index contributed by atoms with van der Waals surface area (Å²) in [6, 6.07) is 27.9. The van der Waals surface area contributed by atoms with Crippen LogP contribution < -0.4 is 19.6 Å². The van der Waals surface area contributed by atoms with Crippen LogP contribution in [0.2, 0.25) is 0 Å². The van der Waals surface area contributed by atoms with Gasteiger partial charge in [-0.05, 0) is 91.3 Å². The first-order valence-corrected chi connectivity index (χ1v) is 21.3. The largest absolute Gasteiger partial charge is 0.368 e. The van der Waals surface area contributed by atoms with E-state index in [1.165, 1.54) is 35.2 Å². The molecule has 10 rings (SSSR count). The molecule has 0 aliphatic carbocycles. The lowest BCUT2D eigenvalue weighted by Gasteiger charge is -2.38. The molecule has 0 unspecified atom stereocenters. The third-order valence-electron chi connectivity index (χ3n) is 12.8. The Bertz CT molecular complexity index is 2830. The van der Waals surface area contributed by atoms with Gasteiger partial charge in [-0.2, -0.15) is 0 Å². The molecular formula is C50H42FN5O6. The van der Waals surface area contributed by atoms with E-state index < -0.39 is 35.4 Å². The molecular weight excluding hydrogens is 786 g/mol. The molecule has 11 nitrogen and oxygen atoms in total. The van der Waals surface area contributed by atoms with Crippen molar-refractivity contribution in [3.05, 3.63) is 142 Å². The number of imide groups is 3. The molecule has 4 aliphatic rings. The maximum atomic E-state index is 14.4. The normalized spacial score (nSPS) is 16.1. The van der Waals surface area contributed by atoms with Crippen molar-refractivity contribution in [2.45, 2.75) is 45.4 Å². The summed E-state index contributed by atoms with van der Waals surface area (Å²) >= 11 is 0. The SMILES string of the molecule is CCCCCCCCN1C(=O)c2ccc3c4c(ccc(c24)C1=O)C(=O)N(c1cccc(N2C(=O)c4cccc5c(N6CCN(c7ccc(F)cc7)CC6)ccc(c45)C2=O)c1)C3=O. The van der Waals surface area contributed by atoms with Crippen LogP contribution in [0.3, 0.4) is 0 Å². The van der Waals surface area contributed by atoms with E-state index in [9.17, 15) is 33.2 Å².